The van der Waals surface area contributed by atoms with E-state index in [-0.39, 0.29) is 44.8 Å². The second-order valence-electron chi connectivity index (χ2n) is 17.9. The molecule has 348 valence electrons. The minimum absolute atomic E-state index is 0. The number of hydrogen-bond acceptors (Lipinski definition) is 0. The van der Waals surface area contributed by atoms with Crippen molar-refractivity contribution in [1.82, 2.24) is 0 Å². The van der Waals surface area contributed by atoms with Gasteiger partial charge in [-0.05, 0) is 88.9 Å². The van der Waals surface area contributed by atoms with Crippen molar-refractivity contribution in [1.29, 1.82) is 0 Å². The molecule has 0 saturated heterocycles. The summed E-state index contributed by atoms with van der Waals surface area (Å²) in [5, 5.41) is 6.06. The average Bonchev–Trinajstić information content (AvgIpc) is 3.43. The molecule has 0 fully saturated rings. The molecule has 6 unspecified atom stereocenters. The predicted octanol–water partition coefficient (Wildman–Crippen LogP) is 13.6. The summed E-state index contributed by atoms with van der Waals surface area (Å²) in [6.45, 7) is 0. The number of rotatable bonds is 7. The van der Waals surface area contributed by atoms with E-state index in [1.54, 1.807) is 0 Å². The Bertz CT molecular complexity index is 2970. The summed E-state index contributed by atoms with van der Waals surface area (Å²) < 4.78 is 0. The van der Waals surface area contributed by atoms with Crippen molar-refractivity contribution in [3.8, 4) is 23.0 Å². The third-order valence-electron chi connectivity index (χ3n) is 14.2. The van der Waals surface area contributed by atoms with Crippen molar-refractivity contribution in [3.63, 3.8) is 0 Å². The van der Waals surface area contributed by atoms with Gasteiger partial charge in [0.1, 0.15) is 12.3 Å². The summed E-state index contributed by atoms with van der Waals surface area (Å²) in [7, 11) is -1.57. The van der Waals surface area contributed by atoms with Gasteiger partial charge in [0, 0.05) is 11.8 Å². The first-order valence-electron chi connectivity index (χ1n) is 23.9. The Labute approximate surface area is 450 Å². The van der Waals surface area contributed by atoms with Crippen molar-refractivity contribution in [2.75, 3.05) is 12.3 Å². The molecular formula is C66H54Au2P2+2. The van der Waals surface area contributed by atoms with Gasteiger partial charge in [0.05, 0.1) is 37.1 Å². The van der Waals surface area contributed by atoms with Crippen molar-refractivity contribution in [2.24, 2.45) is 11.8 Å². The maximum absolute atomic E-state index is 7.60. The topological polar surface area (TPSA) is 0 Å². The molecule has 0 saturated carbocycles. The molecule has 0 bridgehead atoms. The van der Waals surface area contributed by atoms with Crippen molar-refractivity contribution >= 4 is 37.1 Å². The fraction of sp³-hybridized carbons (Fsp3) is 0.121. The predicted molar refractivity (Wildman–Crippen MR) is 294 cm³/mol. The van der Waals surface area contributed by atoms with E-state index in [9.17, 15) is 0 Å². The molecule has 5 aliphatic carbocycles. The van der Waals surface area contributed by atoms with Crippen molar-refractivity contribution < 1.29 is 44.8 Å². The first-order valence-corrected chi connectivity index (χ1v) is 27.3. The smallest absolute Gasteiger partial charge is 0.366 e. The van der Waals surface area contributed by atoms with Crippen LogP contribution < -0.4 is 21.2 Å². The minimum Gasteiger partial charge on any atom is -0.366 e. The minimum atomic E-state index is -0.783. The first-order chi connectivity index (χ1) is 33.7. The molecule has 7 aromatic carbocycles. The maximum Gasteiger partial charge on any atom is 1.00 e. The van der Waals surface area contributed by atoms with E-state index in [0.29, 0.717) is 35.5 Å². The third kappa shape index (κ3) is 10.8. The van der Waals surface area contributed by atoms with Crippen LogP contribution in [0.15, 0.2) is 255 Å². The summed E-state index contributed by atoms with van der Waals surface area (Å²) in [6.07, 6.45) is 44.3. The van der Waals surface area contributed by atoms with Crippen LogP contribution in [0.4, 0.5) is 0 Å². The van der Waals surface area contributed by atoms with Crippen LogP contribution in [-0.4, -0.2) is 12.3 Å². The van der Waals surface area contributed by atoms with Gasteiger partial charge in [0.25, 0.3) is 0 Å². The zero-order valence-corrected chi connectivity index (χ0v) is 45.1. The van der Waals surface area contributed by atoms with Crippen LogP contribution in [0.5, 0.6) is 0 Å². The van der Waals surface area contributed by atoms with Crippen molar-refractivity contribution in [2.45, 2.75) is 23.7 Å². The van der Waals surface area contributed by atoms with Crippen LogP contribution in [0.3, 0.4) is 0 Å². The van der Waals surface area contributed by atoms with Gasteiger partial charge >= 0.3 is 44.8 Å². The monoisotopic (exact) mass is 1300 g/mol. The number of allylic oxidation sites excluding steroid dienone is 12. The number of fused-ring (bicyclic) bond motifs is 12. The molecular weight excluding hydrogens is 1250 g/mol. The van der Waals surface area contributed by atoms with E-state index >= 15 is 0 Å². The zero-order chi connectivity index (χ0) is 46.1. The van der Waals surface area contributed by atoms with E-state index in [1.807, 2.05) is 18.2 Å². The fourth-order valence-corrected chi connectivity index (χ4v) is 17.3. The maximum atomic E-state index is 7.60. The van der Waals surface area contributed by atoms with Gasteiger partial charge in [0.15, 0.2) is 0 Å². The standard InChI is InChI=1S/C26H24P2.C20H15.C20H13.2Au/c1-5-13-23(14-6-1)27(24-15-7-2-8-16-24)21-22-28(25-17-9-3-10-18-25)26-19-11-4-12-20-26;2*1-2-14-8-7-13-19-17-10-4-3-9-15(17)16-11-5-6-12-18(16)20(14)19;;/h1-20H,21-22H2;3-13,15-18H;3-13,16,18H;;/q;2*-1;2*+1/p+2. The van der Waals surface area contributed by atoms with Crippen LogP contribution >= 0.6 is 15.8 Å². The van der Waals surface area contributed by atoms with Gasteiger partial charge in [-0.3, -0.25) is 11.8 Å². The van der Waals surface area contributed by atoms with Gasteiger partial charge in [0.2, 0.25) is 0 Å². The average molecular weight is 1300 g/mol. The Balaban J connectivity index is 0.000000142. The summed E-state index contributed by atoms with van der Waals surface area (Å²) in [4.78, 5) is 0. The van der Waals surface area contributed by atoms with Gasteiger partial charge in [-0.25, -0.2) is 0 Å². The summed E-state index contributed by atoms with van der Waals surface area (Å²) in [6, 6.07) is 65.6. The van der Waals surface area contributed by atoms with E-state index in [1.165, 1.54) is 66.9 Å². The quantitative estimate of drug-likeness (QED) is 0.0646. The molecule has 0 aromatic heterocycles. The second-order valence-corrected chi connectivity index (χ2v) is 23.1. The summed E-state index contributed by atoms with van der Waals surface area (Å²) in [5.41, 5.74) is 9.69. The molecule has 0 heterocycles. The third-order valence-corrected chi connectivity index (χ3v) is 20.3. The molecule has 0 aliphatic heterocycles. The Morgan fingerprint density at radius 1 is 0.329 bits per heavy atom. The largest absolute Gasteiger partial charge is 1.00 e. The molecule has 4 heteroatoms. The van der Waals surface area contributed by atoms with Crippen molar-refractivity contribution in [3.05, 3.63) is 301 Å². The Kier molecular flexibility index (Phi) is 17.8. The van der Waals surface area contributed by atoms with E-state index in [2.05, 4.69) is 249 Å². The molecule has 7 aromatic rings. The van der Waals surface area contributed by atoms with Crippen LogP contribution in [0.2, 0.25) is 0 Å². The molecule has 6 atom stereocenters. The molecule has 0 radical (unpaired) electrons. The van der Waals surface area contributed by atoms with E-state index < -0.39 is 15.8 Å². The number of hydrogen-bond donors (Lipinski definition) is 0. The molecule has 12 rings (SSSR count). The second kappa shape index (κ2) is 24.5. The Morgan fingerprint density at radius 3 is 1.21 bits per heavy atom. The summed E-state index contributed by atoms with van der Waals surface area (Å²) in [5.74, 6) is 7.77. The Hall–Kier alpha value is -5.56. The SMILES string of the molecule is [Au+].[Au+].[C-]#Cc1cccc2c1C1C=CC=CC1C1C=CC=CC21.[C-]#Cc1cccc2c1C1C=CC=CC1c1ccccc1-2.c1ccc([PH+](CC[PH+](c2ccccc2)c2ccccc2)c2ccccc2)cc1. The molecule has 70 heavy (non-hydrogen) atoms. The first kappa shape index (κ1) is 50.8. The molecule has 5 aliphatic rings. The van der Waals surface area contributed by atoms with Crippen LogP contribution in [0, 0.1) is 36.5 Å². The van der Waals surface area contributed by atoms with Crippen LogP contribution in [0.1, 0.15) is 57.1 Å². The number of benzene rings is 7. The normalized spacial score (nSPS) is 19.8. The zero-order valence-electron chi connectivity index (χ0n) is 38.7. The molecule has 0 nitrogen and oxygen atoms in total. The van der Waals surface area contributed by atoms with Gasteiger partial charge in [-0.2, -0.15) is 0 Å². The van der Waals surface area contributed by atoms with Gasteiger partial charge in [-0.15, -0.1) is 28.8 Å². The Morgan fingerprint density at radius 2 is 0.700 bits per heavy atom. The van der Waals surface area contributed by atoms with Gasteiger partial charge < -0.3 is 12.8 Å². The molecule has 0 amide bonds. The van der Waals surface area contributed by atoms with E-state index in [4.69, 9.17) is 12.8 Å². The molecule has 0 N–H and O–H groups in total. The van der Waals surface area contributed by atoms with Crippen LogP contribution in [-0.2, 0) is 44.8 Å². The fourth-order valence-electron chi connectivity index (χ4n) is 11.1. The summed E-state index contributed by atoms with van der Waals surface area (Å²) >= 11 is 0. The van der Waals surface area contributed by atoms with Gasteiger partial charge in [-0.1, -0.05) is 205 Å². The van der Waals surface area contributed by atoms with E-state index in [0.717, 1.165) is 11.1 Å². The van der Waals surface area contributed by atoms with Crippen LogP contribution in [0.25, 0.3) is 11.1 Å². The molecule has 0 spiro atoms.